The van der Waals surface area contributed by atoms with Crippen LogP contribution in [0.1, 0.15) is 15.9 Å². The molecule has 3 aromatic carbocycles. The van der Waals surface area contributed by atoms with Gasteiger partial charge < -0.3 is 5.11 Å². The molecule has 5 aromatic rings. The van der Waals surface area contributed by atoms with Crippen LogP contribution >= 0.6 is 0 Å². The molecular weight excluding hydrogens is 364 g/mol. The quantitative estimate of drug-likeness (QED) is 0.500. The second kappa shape index (κ2) is 6.83. The van der Waals surface area contributed by atoms with Crippen molar-refractivity contribution in [2.24, 2.45) is 0 Å². The third-order valence-electron chi connectivity index (χ3n) is 4.97. The van der Waals surface area contributed by atoms with E-state index >= 15 is 0 Å². The summed E-state index contributed by atoms with van der Waals surface area (Å²) in [6.45, 7) is 0.697. The van der Waals surface area contributed by atoms with E-state index in [1.165, 1.54) is 11.9 Å². The van der Waals surface area contributed by atoms with Gasteiger partial charge in [0.1, 0.15) is 6.33 Å². The average molecular weight is 380 g/mol. The highest BCUT2D eigenvalue weighted by Crippen LogP contribution is 2.29. The molecule has 5 rings (SSSR count). The van der Waals surface area contributed by atoms with E-state index in [9.17, 15) is 9.90 Å². The van der Waals surface area contributed by atoms with E-state index in [0.717, 1.165) is 16.5 Å². The van der Waals surface area contributed by atoms with Crippen LogP contribution in [-0.4, -0.2) is 30.8 Å². The van der Waals surface area contributed by atoms with Gasteiger partial charge >= 0.3 is 5.97 Å². The number of rotatable bonds is 4. The number of benzene rings is 3. The van der Waals surface area contributed by atoms with Crippen molar-refractivity contribution in [3.63, 3.8) is 0 Å². The van der Waals surface area contributed by atoms with Gasteiger partial charge in [-0.15, -0.1) is 0 Å². The van der Waals surface area contributed by atoms with E-state index in [0.29, 0.717) is 23.1 Å². The van der Waals surface area contributed by atoms with Gasteiger partial charge in [0.15, 0.2) is 0 Å². The van der Waals surface area contributed by atoms with Gasteiger partial charge in [0.25, 0.3) is 0 Å². The molecule has 0 aliphatic heterocycles. The predicted octanol–water partition coefficient (Wildman–Crippen LogP) is 4.39. The molecule has 2 aromatic heterocycles. The summed E-state index contributed by atoms with van der Waals surface area (Å²) in [7, 11) is 0. The Morgan fingerprint density at radius 3 is 2.66 bits per heavy atom. The van der Waals surface area contributed by atoms with Crippen LogP contribution < -0.4 is 0 Å². The summed E-state index contributed by atoms with van der Waals surface area (Å²) in [5.41, 5.74) is 4.74. The lowest BCUT2D eigenvalue weighted by Gasteiger charge is -2.07. The Hall–Kier alpha value is -4.06. The summed E-state index contributed by atoms with van der Waals surface area (Å²) in [6, 6.07) is 21.1. The van der Waals surface area contributed by atoms with Crippen molar-refractivity contribution in [1.82, 2.24) is 19.7 Å². The van der Waals surface area contributed by atoms with E-state index < -0.39 is 5.97 Å². The molecule has 0 bridgehead atoms. The fraction of sp³-hybridized carbons (Fsp3) is 0.0435. The summed E-state index contributed by atoms with van der Waals surface area (Å²) in [6.07, 6.45) is 3.34. The monoisotopic (exact) mass is 380 g/mol. The number of hydrogen-bond acceptors (Lipinski definition) is 4. The Labute approximate surface area is 166 Å². The Bertz CT molecular complexity index is 1360. The van der Waals surface area contributed by atoms with Crippen molar-refractivity contribution in [2.45, 2.75) is 6.54 Å². The molecule has 0 saturated carbocycles. The molecule has 2 heterocycles. The van der Waals surface area contributed by atoms with E-state index in [1.807, 2.05) is 47.3 Å². The van der Waals surface area contributed by atoms with Crippen molar-refractivity contribution in [3.8, 4) is 11.3 Å². The summed E-state index contributed by atoms with van der Waals surface area (Å²) in [4.78, 5) is 20.1. The fourth-order valence-corrected chi connectivity index (χ4v) is 3.54. The molecule has 0 spiro atoms. The van der Waals surface area contributed by atoms with Gasteiger partial charge in [0.2, 0.25) is 0 Å². The molecule has 0 saturated heterocycles. The first kappa shape index (κ1) is 17.1. The van der Waals surface area contributed by atoms with E-state index in [4.69, 9.17) is 0 Å². The van der Waals surface area contributed by atoms with Crippen molar-refractivity contribution < 1.29 is 9.90 Å². The van der Waals surface area contributed by atoms with Gasteiger partial charge in [-0.25, -0.2) is 14.8 Å². The van der Waals surface area contributed by atoms with Crippen molar-refractivity contribution in [1.29, 1.82) is 0 Å². The van der Waals surface area contributed by atoms with Gasteiger partial charge in [-0.05, 0) is 35.9 Å². The zero-order valence-corrected chi connectivity index (χ0v) is 15.4. The molecular formula is C23H16N4O2. The number of fused-ring (bicyclic) bond motifs is 2. The molecule has 1 N–H and O–H groups in total. The van der Waals surface area contributed by atoms with Crippen molar-refractivity contribution >= 4 is 27.8 Å². The zero-order chi connectivity index (χ0) is 19.8. The zero-order valence-electron chi connectivity index (χ0n) is 15.4. The van der Waals surface area contributed by atoms with Crippen LogP contribution in [-0.2, 0) is 6.54 Å². The first-order valence-electron chi connectivity index (χ1n) is 9.17. The smallest absolute Gasteiger partial charge is 0.335 e. The molecule has 6 heteroatoms. The van der Waals surface area contributed by atoms with Crippen molar-refractivity contribution in [2.75, 3.05) is 0 Å². The van der Waals surface area contributed by atoms with E-state index in [1.54, 1.807) is 18.2 Å². The van der Waals surface area contributed by atoms with Gasteiger partial charge in [-0.2, -0.15) is 5.10 Å². The number of nitrogens with zero attached hydrogens (tertiary/aromatic N) is 4. The summed E-state index contributed by atoms with van der Waals surface area (Å²) < 4.78 is 1.97. The van der Waals surface area contributed by atoms with Crippen LogP contribution in [0, 0.1) is 0 Å². The number of aromatic carboxylic acids is 1. The molecule has 29 heavy (non-hydrogen) atoms. The highest BCUT2D eigenvalue weighted by Gasteiger charge is 2.12. The highest BCUT2D eigenvalue weighted by atomic mass is 16.4. The number of carbonyl (C=O) groups is 1. The van der Waals surface area contributed by atoms with Crippen LogP contribution in [0.3, 0.4) is 0 Å². The number of carboxylic acids is 1. The molecule has 0 amide bonds. The van der Waals surface area contributed by atoms with Gasteiger partial charge in [0.05, 0.1) is 35.0 Å². The summed E-state index contributed by atoms with van der Waals surface area (Å²) in [5.74, 6) is -0.973. The highest BCUT2D eigenvalue weighted by molar-refractivity contribution is 5.99. The molecule has 0 fully saturated rings. The Balaban J connectivity index is 1.59. The average Bonchev–Trinajstić information content (AvgIpc) is 3.15. The molecule has 0 aliphatic carbocycles. The molecule has 140 valence electrons. The standard InChI is InChI=1S/C23H16N4O2/c28-23(29)17-6-8-20-19(11-17)22(25-14-24-20)16-7-9-21-18(10-16)12-26-27(21)13-15-4-2-1-3-5-15/h1-12,14H,13H2,(H,28,29). The van der Waals surface area contributed by atoms with Crippen molar-refractivity contribution in [3.05, 3.63) is 90.4 Å². The lowest BCUT2D eigenvalue weighted by molar-refractivity contribution is 0.0697. The normalized spacial score (nSPS) is 11.2. The van der Waals surface area contributed by atoms with Crippen LogP contribution in [0.15, 0.2) is 79.3 Å². The topological polar surface area (TPSA) is 80.9 Å². The minimum atomic E-state index is -0.973. The Morgan fingerprint density at radius 1 is 0.966 bits per heavy atom. The lowest BCUT2D eigenvalue weighted by Crippen LogP contribution is -2.01. The number of aromatic nitrogens is 4. The minimum Gasteiger partial charge on any atom is -0.478 e. The van der Waals surface area contributed by atoms with E-state index in [-0.39, 0.29) is 5.56 Å². The second-order valence-electron chi connectivity index (χ2n) is 6.82. The van der Waals surface area contributed by atoms with Crippen LogP contribution in [0.4, 0.5) is 0 Å². The molecule has 6 nitrogen and oxygen atoms in total. The third kappa shape index (κ3) is 3.10. The maximum atomic E-state index is 11.4. The Morgan fingerprint density at radius 2 is 1.83 bits per heavy atom. The molecule has 0 radical (unpaired) electrons. The molecule has 0 aliphatic rings. The van der Waals surface area contributed by atoms with Gasteiger partial charge in [0, 0.05) is 16.3 Å². The fourth-order valence-electron chi connectivity index (χ4n) is 3.54. The lowest BCUT2D eigenvalue weighted by atomic mass is 10.0. The molecule has 0 atom stereocenters. The van der Waals surface area contributed by atoms with Crippen LogP contribution in [0.25, 0.3) is 33.1 Å². The molecule has 0 unspecified atom stereocenters. The summed E-state index contributed by atoms with van der Waals surface area (Å²) >= 11 is 0. The Kier molecular flexibility index (Phi) is 4.02. The maximum Gasteiger partial charge on any atom is 0.335 e. The third-order valence-corrected chi connectivity index (χ3v) is 4.97. The van der Waals surface area contributed by atoms with Crippen LogP contribution in [0.5, 0.6) is 0 Å². The van der Waals surface area contributed by atoms with Crippen LogP contribution in [0.2, 0.25) is 0 Å². The van der Waals surface area contributed by atoms with Gasteiger partial charge in [-0.3, -0.25) is 4.68 Å². The first-order valence-corrected chi connectivity index (χ1v) is 9.17. The predicted molar refractivity (Wildman–Crippen MR) is 111 cm³/mol. The van der Waals surface area contributed by atoms with E-state index in [2.05, 4.69) is 27.2 Å². The maximum absolute atomic E-state index is 11.4. The van der Waals surface area contributed by atoms with Gasteiger partial charge in [-0.1, -0.05) is 36.4 Å². The number of hydrogen-bond donors (Lipinski definition) is 1. The first-order chi connectivity index (χ1) is 14.2. The SMILES string of the molecule is O=C(O)c1ccc2ncnc(-c3ccc4c(cnn4Cc4ccccc4)c3)c2c1. The minimum absolute atomic E-state index is 0.213. The largest absolute Gasteiger partial charge is 0.478 e. The summed E-state index contributed by atoms with van der Waals surface area (Å²) in [5, 5.41) is 15.6. The second-order valence-corrected chi connectivity index (χ2v) is 6.82. The number of carboxylic acid groups (broad SMARTS) is 1.